The van der Waals surface area contributed by atoms with Crippen molar-refractivity contribution in [3.63, 3.8) is 0 Å². The van der Waals surface area contributed by atoms with E-state index in [4.69, 9.17) is 0 Å². The van der Waals surface area contributed by atoms with Crippen LogP contribution < -0.4 is 5.11 Å². The number of fused-ring (bicyclic) bond motifs is 5. The van der Waals surface area contributed by atoms with Crippen molar-refractivity contribution < 1.29 is 9.90 Å². The van der Waals surface area contributed by atoms with Crippen LogP contribution in [0.2, 0.25) is 0 Å². The zero-order chi connectivity index (χ0) is 16.1. The van der Waals surface area contributed by atoms with Gasteiger partial charge in [-0.25, -0.2) is 9.97 Å². The molecule has 3 aromatic rings. The first-order chi connectivity index (χ1) is 11.0. The summed E-state index contributed by atoms with van der Waals surface area (Å²) in [5, 5.41) is 16.0. The molecule has 1 aliphatic carbocycles. The molecule has 0 saturated carbocycles. The van der Waals surface area contributed by atoms with Crippen molar-refractivity contribution in [2.24, 2.45) is 5.92 Å². The SMILES string of the molecule is Cc1nc2sc3c(c2c2nc(/C=C/C(=O)[O-])nn12)CC[C@@H](C)C3. The third-order valence-electron chi connectivity index (χ3n) is 4.28. The first-order valence-corrected chi connectivity index (χ1v) is 8.41. The van der Waals surface area contributed by atoms with Gasteiger partial charge in [0.05, 0.1) is 11.4 Å². The predicted molar refractivity (Wildman–Crippen MR) is 86.1 cm³/mol. The van der Waals surface area contributed by atoms with Crippen molar-refractivity contribution in [2.45, 2.75) is 33.1 Å². The number of aliphatic carboxylic acids is 1. The lowest BCUT2D eigenvalue weighted by atomic mass is 9.89. The molecule has 1 aliphatic rings. The highest BCUT2D eigenvalue weighted by Gasteiger charge is 2.24. The Bertz CT molecular complexity index is 970. The van der Waals surface area contributed by atoms with Gasteiger partial charge in [0.1, 0.15) is 10.7 Å². The first-order valence-electron chi connectivity index (χ1n) is 7.59. The molecule has 0 N–H and O–H groups in total. The van der Waals surface area contributed by atoms with Crippen LogP contribution in [0.3, 0.4) is 0 Å². The number of carboxylic acid groups (broad SMARTS) is 1. The Kier molecular flexibility index (Phi) is 3.19. The molecule has 0 fully saturated rings. The standard InChI is InChI=1S/C16H16N4O2S/c1-8-3-4-10-11(7-8)23-16-14(10)15-18-12(5-6-13(21)22)19-20(15)9(2)17-16/h5-6,8H,3-4,7H2,1-2H3,(H,21,22)/p-1/b6-5+/t8-/m1/s1. The van der Waals surface area contributed by atoms with Gasteiger partial charge in [-0.05, 0) is 49.8 Å². The van der Waals surface area contributed by atoms with Crippen LogP contribution in [0.1, 0.15) is 35.4 Å². The summed E-state index contributed by atoms with van der Waals surface area (Å²) in [7, 11) is 0. The average Bonchev–Trinajstić information content (AvgIpc) is 3.05. The van der Waals surface area contributed by atoms with Crippen molar-refractivity contribution in [3.05, 3.63) is 28.2 Å². The Balaban J connectivity index is 1.97. The lowest BCUT2D eigenvalue weighted by Crippen LogP contribution is -2.18. The highest BCUT2D eigenvalue weighted by atomic mass is 32.1. The van der Waals surface area contributed by atoms with Gasteiger partial charge in [0.2, 0.25) is 0 Å². The fraction of sp³-hybridized carbons (Fsp3) is 0.375. The van der Waals surface area contributed by atoms with Gasteiger partial charge in [0, 0.05) is 4.88 Å². The van der Waals surface area contributed by atoms with E-state index in [9.17, 15) is 9.90 Å². The number of aryl methyl sites for hydroxylation is 2. The second kappa shape index (κ2) is 5.13. The van der Waals surface area contributed by atoms with E-state index in [1.165, 1.54) is 22.9 Å². The second-order valence-electron chi connectivity index (χ2n) is 6.05. The Morgan fingerprint density at radius 3 is 3.04 bits per heavy atom. The summed E-state index contributed by atoms with van der Waals surface area (Å²) in [6.45, 7) is 4.16. The van der Waals surface area contributed by atoms with Crippen LogP contribution in [0, 0.1) is 12.8 Å². The van der Waals surface area contributed by atoms with Gasteiger partial charge in [-0.1, -0.05) is 6.92 Å². The van der Waals surface area contributed by atoms with Gasteiger partial charge in [-0.15, -0.1) is 16.4 Å². The van der Waals surface area contributed by atoms with E-state index in [2.05, 4.69) is 22.0 Å². The molecule has 0 amide bonds. The van der Waals surface area contributed by atoms with Crippen LogP contribution in [0.4, 0.5) is 0 Å². The van der Waals surface area contributed by atoms with Gasteiger partial charge in [-0.2, -0.15) is 4.52 Å². The summed E-state index contributed by atoms with van der Waals surface area (Å²) >= 11 is 1.75. The number of carboxylic acids is 1. The summed E-state index contributed by atoms with van der Waals surface area (Å²) < 4.78 is 1.70. The maximum atomic E-state index is 10.6. The minimum Gasteiger partial charge on any atom is -0.545 e. The van der Waals surface area contributed by atoms with Crippen LogP contribution in [0.25, 0.3) is 21.9 Å². The Hall–Kier alpha value is -2.28. The number of thiophene rings is 1. The molecule has 118 valence electrons. The molecule has 0 aromatic carbocycles. The molecular weight excluding hydrogens is 312 g/mol. The van der Waals surface area contributed by atoms with Gasteiger partial charge < -0.3 is 9.90 Å². The van der Waals surface area contributed by atoms with Crippen molar-refractivity contribution in [1.82, 2.24) is 19.6 Å². The third kappa shape index (κ3) is 2.31. The molecule has 0 unspecified atom stereocenters. The molecule has 0 spiro atoms. The van der Waals surface area contributed by atoms with E-state index in [0.717, 1.165) is 40.6 Å². The fourth-order valence-corrected chi connectivity index (χ4v) is 4.59. The van der Waals surface area contributed by atoms with Crippen molar-refractivity contribution >= 4 is 39.2 Å². The number of rotatable bonds is 2. The topological polar surface area (TPSA) is 83.2 Å². The molecule has 1 atom stereocenters. The molecule has 0 aliphatic heterocycles. The maximum Gasteiger partial charge on any atom is 0.175 e. The Morgan fingerprint density at radius 1 is 1.43 bits per heavy atom. The number of hydrogen-bond acceptors (Lipinski definition) is 6. The minimum atomic E-state index is -1.26. The van der Waals surface area contributed by atoms with Crippen LogP contribution in [-0.4, -0.2) is 25.6 Å². The smallest absolute Gasteiger partial charge is 0.175 e. The van der Waals surface area contributed by atoms with Gasteiger partial charge in [0.15, 0.2) is 11.5 Å². The summed E-state index contributed by atoms with van der Waals surface area (Å²) in [6, 6.07) is 0. The lowest BCUT2D eigenvalue weighted by molar-refractivity contribution is -0.297. The number of hydrogen-bond donors (Lipinski definition) is 0. The minimum absolute atomic E-state index is 0.357. The highest BCUT2D eigenvalue weighted by molar-refractivity contribution is 7.19. The van der Waals surface area contributed by atoms with Crippen molar-refractivity contribution in [3.8, 4) is 0 Å². The highest BCUT2D eigenvalue weighted by Crippen LogP contribution is 2.38. The van der Waals surface area contributed by atoms with E-state index in [0.29, 0.717) is 11.7 Å². The number of aromatic nitrogens is 4. The van der Waals surface area contributed by atoms with Gasteiger partial charge in [-0.3, -0.25) is 0 Å². The summed E-state index contributed by atoms with van der Waals surface area (Å²) in [6.07, 6.45) is 5.60. The summed E-state index contributed by atoms with van der Waals surface area (Å²) in [5.41, 5.74) is 2.10. The zero-order valence-corrected chi connectivity index (χ0v) is 13.7. The molecule has 7 heteroatoms. The van der Waals surface area contributed by atoms with Gasteiger partial charge in [0.25, 0.3) is 0 Å². The Morgan fingerprint density at radius 2 is 2.26 bits per heavy atom. The number of nitrogens with zero attached hydrogens (tertiary/aromatic N) is 4. The molecule has 0 bridgehead atoms. The van der Waals surface area contributed by atoms with Crippen LogP contribution in [-0.2, 0) is 17.6 Å². The second-order valence-corrected chi connectivity index (χ2v) is 7.13. The quantitative estimate of drug-likeness (QED) is 0.667. The van der Waals surface area contributed by atoms with Crippen molar-refractivity contribution in [1.29, 1.82) is 0 Å². The molecule has 0 saturated heterocycles. The van der Waals surface area contributed by atoms with Crippen LogP contribution >= 0.6 is 11.3 Å². The Labute approximate surface area is 136 Å². The largest absolute Gasteiger partial charge is 0.545 e. The molecule has 6 nitrogen and oxygen atoms in total. The third-order valence-corrected chi connectivity index (χ3v) is 5.43. The molecule has 0 radical (unpaired) electrons. The molecular formula is C16H15N4O2S-. The van der Waals surface area contributed by atoms with Crippen molar-refractivity contribution in [2.75, 3.05) is 0 Å². The van der Waals surface area contributed by atoms with E-state index < -0.39 is 5.97 Å². The normalized spacial score (nSPS) is 18.1. The molecule has 23 heavy (non-hydrogen) atoms. The van der Waals surface area contributed by atoms with E-state index >= 15 is 0 Å². The van der Waals surface area contributed by atoms with Gasteiger partial charge >= 0.3 is 0 Å². The number of carbonyl (C=O) groups excluding carboxylic acids is 1. The number of carbonyl (C=O) groups is 1. The van der Waals surface area contributed by atoms with Crippen LogP contribution in [0.5, 0.6) is 0 Å². The average molecular weight is 327 g/mol. The lowest BCUT2D eigenvalue weighted by Gasteiger charge is -2.17. The first kappa shape index (κ1) is 14.3. The van der Waals surface area contributed by atoms with E-state index in [-0.39, 0.29) is 0 Å². The molecule has 3 heterocycles. The summed E-state index contributed by atoms with van der Waals surface area (Å²) in [5.74, 6) is 0.549. The fourth-order valence-electron chi connectivity index (χ4n) is 3.17. The van der Waals surface area contributed by atoms with Crippen LogP contribution in [0.15, 0.2) is 6.08 Å². The maximum absolute atomic E-state index is 10.6. The predicted octanol–water partition coefficient (Wildman–Crippen LogP) is 1.54. The van der Waals surface area contributed by atoms with E-state index in [1.54, 1.807) is 15.9 Å². The molecule has 4 rings (SSSR count). The monoisotopic (exact) mass is 327 g/mol. The zero-order valence-electron chi connectivity index (χ0n) is 12.9. The summed E-state index contributed by atoms with van der Waals surface area (Å²) in [4.78, 5) is 22.2. The van der Waals surface area contributed by atoms with E-state index in [1.807, 2.05) is 6.92 Å². The molecule has 3 aromatic heterocycles.